The first-order chi connectivity index (χ1) is 21.5. The summed E-state index contributed by atoms with van der Waals surface area (Å²) < 4.78 is 13.3. The minimum Gasteiger partial charge on any atom is -0.377 e. The van der Waals surface area contributed by atoms with Crippen LogP contribution in [-0.4, -0.2) is 56.5 Å². The van der Waals surface area contributed by atoms with Gasteiger partial charge in [-0.05, 0) is 59.7 Å². The van der Waals surface area contributed by atoms with Crippen molar-refractivity contribution in [3.8, 4) is 0 Å². The maximum Gasteiger partial charge on any atom is 0.322 e. The van der Waals surface area contributed by atoms with Crippen molar-refractivity contribution < 1.29 is 19.1 Å². The fourth-order valence-corrected chi connectivity index (χ4v) is 4.81. The average molecular weight is 724 g/mol. The van der Waals surface area contributed by atoms with Crippen molar-refractivity contribution in [1.82, 2.24) is 10.2 Å². The van der Waals surface area contributed by atoms with Crippen molar-refractivity contribution in [3.05, 3.63) is 129 Å². The van der Waals surface area contributed by atoms with Gasteiger partial charge in [-0.15, -0.1) is 0 Å². The Labute approximate surface area is 275 Å². The van der Waals surface area contributed by atoms with Crippen LogP contribution in [0.4, 0.5) is 21.0 Å². The van der Waals surface area contributed by atoms with Crippen molar-refractivity contribution >= 4 is 55.3 Å². The molecule has 0 aliphatic carbocycles. The zero-order valence-electron chi connectivity index (χ0n) is 24.3. The molecule has 0 aromatic heterocycles. The van der Waals surface area contributed by atoms with Crippen molar-refractivity contribution in [1.29, 1.82) is 0 Å². The van der Waals surface area contributed by atoms with Crippen LogP contribution in [-0.2, 0) is 22.6 Å². The minimum atomic E-state index is -0.198. The van der Waals surface area contributed by atoms with Crippen molar-refractivity contribution in [2.45, 2.75) is 13.1 Å². The van der Waals surface area contributed by atoms with Gasteiger partial charge in [-0.1, -0.05) is 92.5 Å². The number of hydrogen-bond donors (Lipinski definition) is 2. The van der Waals surface area contributed by atoms with E-state index in [0.717, 1.165) is 31.4 Å². The molecule has 230 valence electrons. The second-order valence-electron chi connectivity index (χ2n) is 9.85. The Kier molecular flexibility index (Phi) is 13.7. The second-order valence-corrected chi connectivity index (χ2v) is 11.7. The monoisotopic (exact) mass is 722 g/mol. The summed E-state index contributed by atoms with van der Waals surface area (Å²) >= 11 is 6.87. The van der Waals surface area contributed by atoms with Crippen LogP contribution in [0.1, 0.15) is 11.1 Å². The summed E-state index contributed by atoms with van der Waals surface area (Å²) in [5, 5.41) is 5.90. The molecule has 4 rings (SSSR count). The smallest absolute Gasteiger partial charge is 0.322 e. The van der Waals surface area contributed by atoms with Crippen molar-refractivity contribution in [2.24, 2.45) is 0 Å². The van der Waals surface area contributed by atoms with Crippen LogP contribution in [0.2, 0.25) is 0 Å². The summed E-state index contributed by atoms with van der Waals surface area (Å²) in [6.07, 6.45) is 0. The van der Waals surface area contributed by atoms with E-state index < -0.39 is 0 Å². The van der Waals surface area contributed by atoms with E-state index in [1.165, 1.54) is 0 Å². The lowest BCUT2D eigenvalue weighted by Crippen LogP contribution is -2.41. The average Bonchev–Trinajstić information content (AvgIpc) is 3.04. The fourth-order valence-electron chi connectivity index (χ4n) is 4.28. The molecule has 8 nitrogen and oxygen atoms in total. The van der Waals surface area contributed by atoms with Crippen LogP contribution in [0.5, 0.6) is 0 Å². The fraction of sp³-hybridized carbons (Fsp3) is 0.235. The van der Waals surface area contributed by atoms with Gasteiger partial charge in [0.15, 0.2) is 0 Å². The summed E-state index contributed by atoms with van der Waals surface area (Å²) in [7, 11) is 0. The highest BCUT2D eigenvalue weighted by molar-refractivity contribution is 9.10. The van der Waals surface area contributed by atoms with E-state index in [0.29, 0.717) is 52.6 Å². The number of ether oxygens (including phenoxy) is 2. The Morgan fingerprint density at radius 2 is 1.16 bits per heavy atom. The molecular weight excluding hydrogens is 688 g/mol. The van der Waals surface area contributed by atoms with Crippen LogP contribution < -0.4 is 15.5 Å². The number of urea groups is 2. The molecule has 0 bridgehead atoms. The van der Waals surface area contributed by atoms with Crippen molar-refractivity contribution in [3.63, 3.8) is 0 Å². The van der Waals surface area contributed by atoms with Crippen LogP contribution in [0.25, 0.3) is 0 Å². The predicted octanol–water partition coefficient (Wildman–Crippen LogP) is 7.70. The molecule has 0 radical (unpaired) electrons. The molecule has 4 amide bonds. The molecule has 4 aromatic carbocycles. The van der Waals surface area contributed by atoms with Crippen molar-refractivity contribution in [2.75, 3.05) is 49.7 Å². The van der Waals surface area contributed by atoms with Gasteiger partial charge in [-0.3, -0.25) is 4.90 Å². The normalized spacial score (nSPS) is 10.7. The molecular formula is C34H36Br2N4O4. The van der Waals surface area contributed by atoms with Gasteiger partial charge in [0, 0.05) is 40.0 Å². The number of nitrogens with zero attached hydrogens (tertiary/aromatic N) is 2. The number of carbonyl (C=O) groups is 2. The highest BCUT2D eigenvalue weighted by Gasteiger charge is 2.16. The molecule has 2 N–H and O–H groups in total. The van der Waals surface area contributed by atoms with Crippen LogP contribution in [0, 0.1) is 0 Å². The van der Waals surface area contributed by atoms with Crippen LogP contribution in [0.3, 0.4) is 0 Å². The van der Waals surface area contributed by atoms with Gasteiger partial charge in [0.05, 0.1) is 33.0 Å². The van der Waals surface area contributed by atoms with Gasteiger partial charge < -0.3 is 25.0 Å². The number of amides is 4. The Balaban J connectivity index is 1.17. The third-order valence-corrected chi connectivity index (χ3v) is 7.62. The van der Waals surface area contributed by atoms with E-state index >= 15 is 0 Å². The quantitative estimate of drug-likeness (QED) is 0.123. The first-order valence-corrected chi connectivity index (χ1v) is 15.9. The zero-order chi connectivity index (χ0) is 31.0. The van der Waals surface area contributed by atoms with E-state index in [2.05, 4.69) is 42.5 Å². The lowest BCUT2D eigenvalue weighted by atomic mass is 10.2. The van der Waals surface area contributed by atoms with Gasteiger partial charge in [0.1, 0.15) is 0 Å². The number of hydrogen-bond acceptors (Lipinski definition) is 4. The molecule has 0 spiro atoms. The first-order valence-electron chi connectivity index (χ1n) is 14.3. The third kappa shape index (κ3) is 11.4. The number of carbonyl (C=O) groups excluding carboxylic acids is 2. The highest BCUT2D eigenvalue weighted by Crippen LogP contribution is 2.21. The number of rotatable bonds is 15. The molecule has 0 fully saturated rings. The molecule has 10 heteroatoms. The number of nitrogens with one attached hydrogen (secondary N) is 2. The summed E-state index contributed by atoms with van der Waals surface area (Å²) in [5.41, 5.74) is 3.59. The highest BCUT2D eigenvalue weighted by atomic mass is 79.9. The standard InChI is InChI=1S/C34H36Br2N4O4/c35-29-11-15-31(16-12-29)38-34(42)39(25-27-7-3-1-4-8-27)20-22-44-24-23-43-21-19-37-33(41)40(26-28-9-5-2-6-10-28)32-17-13-30(36)14-18-32/h1-18H,19-26H2,(H,37,41)(H,38,42). The Morgan fingerprint density at radius 3 is 1.77 bits per heavy atom. The van der Waals surface area contributed by atoms with E-state index in [4.69, 9.17) is 9.47 Å². The molecule has 0 aliphatic rings. The first kappa shape index (κ1) is 33.2. The predicted molar refractivity (Wildman–Crippen MR) is 182 cm³/mol. The lowest BCUT2D eigenvalue weighted by molar-refractivity contribution is 0.0431. The van der Waals surface area contributed by atoms with E-state index in [9.17, 15) is 9.59 Å². The van der Waals surface area contributed by atoms with E-state index in [1.54, 1.807) is 9.80 Å². The molecule has 4 aromatic rings. The van der Waals surface area contributed by atoms with Gasteiger partial charge in [-0.2, -0.15) is 0 Å². The van der Waals surface area contributed by atoms with E-state index in [-0.39, 0.29) is 12.1 Å². The SMILES string of the molecule is O=C(Nc1ccc(Br)cc1)N(CCOCCOCCNC(=O)N(Cc1ccccc1)c1ccc(Br)cc1)Cc1ccccc1. The third-order valence-electron chi connectivity index (χ3n) is 6.57. The maximum atomic E-state index is 13.1. The summed E-state index contributed by atoms with van der Waals surface area (Å²) in [6, 6.07) is 34.4. The molecule has 0 saturated carbocycles. The summed E-state index contributed by atoms with van der Waals surface area (Å²) in [4.78, 5) is 29.5. The largest absolute Gasteiger partial charge is 0.377 e. The molecule has 0 atom stereocenters. The molecule has 0 saturated heterocycles. The van der Waals surface area contributed by atoms with Gasteiger partial charge in [0.25, 0.3) is 0 Å². The summed E-state index contributed by atoms with van der Waals surface area (Å²) in [6.45, 7) is 3.16. The van der Waals surface area contributed by atoms with Crippen LogP contribution in [0.15, 0.2) is 118 Å². The number of benzene rings is 4. The van der Waals surface area contributed by atoms with E-state index in [1.807, 2.05) is 109 Å². The van der Waals surface area contributed by atoms with Gasteiger partial charge in [-0.25, -0.2) is 9.59 Å². The summed E-state index contributed by atoms with van der Waals surface area (Å²) in [5.74, 6) is 0. The topological polar surface area (TPSA) is 83.1 Å². The zero-order valence-corrected chi connectivity index (χ0v) is 27.5. The Morgan fingerprint density at radius 1 is 0.614 bits per heavy atom. The van der Waals surface area contributed by atoms with Gasteiger partial charge >= 0.3 is 12.1 Å². The molecule has 0 unspecified atom stereocenters. The Hall–Kier alpha value is -3.70. The number of halogens is 2. The van der Waals surface area contributed by atoms with Gasteiger partial charge in [0.2, 0.25) is 0 Å². The van der Waals surface area contributed by atoms with Crippen LogP contribution >= 0.6 is 31.9 Å². The molecule has 0 aliphatic heterocycles. The lowest BCUT2D eigenvalue weighted by Gasteiger charge is -2.24. The second kappa shape index (κ2) is 18.2. The number of anilines is 2. The Bertz CT molecular complexity index is 1430. The minimum absolute atomic E-state index is 0.198. The molecule has 44 heavy (non-hydrogen) atoms. The maximum absolute atomic E-state index is 13.1. The molecule has 0 heterocycles.